The Balaban J connectivity index is 2.24. The molecule has 5 nitrogen and oxygen atoms in total. The molecule has 0 aliphatic rings. The van der Waals surface area contributed by atoms with Crippen molar-refractivity contribution in [2.24, 2.45) is 5.73 Å². The highest BCUT2D eigenvalue weighted by Crippen LogP contribution is 2.21. The number of nitrogens with one attached hydrogen (secondary N) is 1. The van der Waals surface area contributed by atoms with E-state index in [1.54, 1.807) is 23.5 Å². The van der Waals surface area contributed by atoms with Crippen molar-refractivity contribution in [2.45, 2.75) is 13.0 Å². The van der Waals surface area contributed by atoms with Gasteiger partial charge in [-0.1, -0.05) is 6.07 Å². The summed E-state index contributed by atoms with van der Waals surface area (Å²) in [5.41, 5.74) is 6.33. The standard InChI is InChI=1S/C14H15BrFN5/c15-11-6-12(16)14(20-8-11)21(5-3-13(17)18)9-10-2-1-4-19-7-10/h1-2,4,6-8H,3,5,9H2,(H3,17,18). The molecule has 0 spiro atoms. The van der Waals surface area contributed by atoms with Crippen LogP contribution in [0, 0.1) is 11.2 Å². The molecule has 0 fully saturated rings. The van der Waals surface area contributed by atoms with E-state index >= 15 is 0 Å². The Kier molecular flexibility index (Phi) is 5.21. The second-order valence-electron chi connectivity index (χ2n) is 4.52. The molecule has 3 N–H and O–H groups in total. The summed E-state index contributed by atoms with van der Waals surface area (Å²) in [5, 5.41) is 7.33. The minimum absolute atomic E-state index is 0.0590. The van der Waals surface area contributed by atoms with Crippen LogP contribution in [-0.4, -0.2) is 22.3 Å². The lowest BCUT2D eigenvalue weighted by atomic mass is 10.2. The average molecular weight is 352 g/mol. The molecule has 0 amide bonds. The van der Waals surface area contributed by atoms with Crippen molar-refractivity contribution in [3.63, 3.8) is 0 Å². The number of amidine groups is 1. The second-order valence-corrected chi connectivity index (χ2v) is 5.43. The molecule has 2 aromatic rings. The predicted octanol–water partition coefficient (Wildman–Crippen LogP) is 2.71. The summed E-state index contributed by atoms with van der Waals surface area (Å²) < 4.78 is 14.7. The first-order valence-electron chi connectivity index (χ1n) is 6.34. The molecule has 0 aliphatic heterocycles. The van der Waals surface area contributed by atoms with Crippen LogP contribution in [0.5, 0.6) is 0 Å². The minimum atomic E-state index is -0.420. The van der Waals surface area contributed by atoms with Crippen LogP contribution in [0.1, 0.15) is 12.0 Å². The quantitative estimate of drug-likeness (QED) is 0.619. The minimum Gasteiger partial charge on any atom is -0.388 e. The molecular weight excluding hydrogens is 337 g/mol. The molecular formula is C14H15BrFN5. The zero-order valence-corrected chi connectivity index (χ0v) is 12.8. The normalized spacial score (nSPS) is 10.4. The van der Waals surface area contributed by atoms with Gasteiger partial charge in [0, 0.05) is 42.6 Å². The van der Waals surface area contributed by atoms with Crippen molar-refractivity contribution in [2.75, 3.05) is 11.4 Å². The molecule has 0 aromatic carbocycles. The van der Waals surface area contributed by atoms with Gasteiger partial charge in [0.05, 0.1) is 5.84 Å². The first-order chi connectivity index (χ1) is 10.1. The fourth-order valence-corrected chi connectivity index (χ4v) is 2.17. The van der Waals surface area contributed by atoms with E-state index in [9.17, 15) is 4.39 Å². The smallest absolute Gasteiger partial charge is 0.166 e. The van der Waals surface area contributed by atoms with Gasteiger partial charge in [0.1, 0.15) is 0 Å². The number of hydrogen-bond donors (Lipinski definition) is 2. The van der Waals surface area contributed by atoms with E-state index in [1.807, 2.05) is 12.1 Å². The van der Waals surface area contributed by atoms with Gasteiger partial charge in [0.25, 0.3) is 0 Å². The third kappa shape index (κ3) is 4.49. The first kappa shape index (κ1) is 15.4. The Hall–Kier alpha value is -2.02. The number of pyridine rings is 2. The average Bonchev–Trinajstić information content (AvgIpc) is 2.45. The maximum Gasteiger partial charge on any atom is 0.166 e. The van der Waals surface area contributed by atoms with Gasteiger partial charge in [0.15, 0.2) is 11.6 Å². The van der Waals surface area contributed by atoms with E-state index in [1.165, 1.54) is 6.07 Å². The van der Waals surface area contributed by atoms with Gasteiger partial charge >= 0.3 is 0 Å². The lowest BCUT2D eigenvalue weighted by Crippen LogP contribution is -2.29. The van der Waals surface area contributed by atoms with Crippen molar-refractivity contribution < 1.29 is 4.39 Å². The summed E-state index contributed by atoms with van der Waals surface area (Å²) in [7, 11) is 0. The van der Waals surface area contributed by atoms with Crippen LogP contribution in [0.15, 0.2) is 41.3 Å². The number of nitrogens with zero attached hydrogens (tertiary/aromatic N) is 3. The SMILES string of the molecule is N=C(N)CCN(Cc1cccnc1)c1ncc(Br)cc1F. The zero-order chi connectivity index (χ0) is 15.2. The largest absolute Gasteiger partial charge is 0.388 e. The number of hydrogen-bond acceptors (Lipinski definition) is 4. The van der Waals surface area contributed by atoms with Gasteiger partial charge < -0.3 is 10.6 Å². The van der Waals surface area contributed by atoms with E-state index in [4.69, 9.17) is 11.1 Å². The Morgan fingerprint density at radius 3 is 2.86 bits per heavy atom. The van der Waals surface area contributed by atoms with Crippen LogP contribution in [0.25, 0.3) is 0 Å². The van der Waals surface area contributed by atoms with Crippen LogP contribution < -0.4 is 10.6 Å². The van der Waals surface area contributed by atoms with E-state index in [0.717, 1.165) is 5.56 Å². The molecule has 110 valence electrons. The first-order valence-corrected chi connectivity index (χ1v) is 7.13. The molecule has 0 radical (unpaired) electrons. The van der Waals surface area contributed by atoms with E-state index in [-0.39, 0.29) is 11.7 Å². The van der Waals surface area contributed by atoms with Gasteiger partial charge in [0.2, 0.25) is 0 Å². The molecule has 2 aromatic heterocycles. The Morgan fingerprint density at radius 1 is 1.43 bits per heavy atom. The van der Waals surface area contributed by atoms with Crippen LogP contribution in [0.4, 0.5) is 10.2 Å². The highest BCUT2D eigenvalue weighted by molar-refractivity contribution is 9.10. The summed E-state index contributed by atoms with van der Waals surface area (Å²) in [6.45, 7) is 0.864. The van der Waals surface area contributed by atoms with Crippen molar-refractivity contribution in [1.29, 1.82) is 5.41 Å². The third-order valence-corrected chi connectivity index (χ3v) is 3.27. The molecule has 0 bridgehead atoms. The van der Waals surface area contributed by atoms with Crippen molar-refractivity contribution in [1.82, 2.24) is 9.97 Å². The van der Waals surface area contributed by atoms with Crippen LogP contribution in [0.3, 0.4) is 0 Å². The van der Waals surface area contributed by atoms with Gasteiger partial charge in [-0.05, 0) is 33.6 Å². The Labute approximate surface area is 130 Å². The number of rotatable bonds is 6. The maximum atomic E-state index is 14.1. The van der Waals surface area contributed by atoms with Gasteiger partial charge in [-0.3, -0.25) is 10.4 Å². The molecule has 2 heterocycles. The number of halogens is 2. The molecule has 0 saturated heterocycles. The predicted molar refractivity (Wildman–Crippen MR) is 83.7 cm³/mol. The lowest BCUT2D eigenvalue weighted by molar-refractivity contribution is 0.606. The van der Waals surface area contributed by atoms with E-state index < -0.39 is 5.82 Å². The zero-order valence-electron chi connectivity index (χ0n) is 11.3. The summed E-state index contributed by atoms with van der Waals surface area (Å²) in [6, 6.07) is 5.10. The maximum absolute atomic E-state index is 14.1. The molecule has 7 heteroatoms. The monoisotopic (exact) mass is 351 g/mol. The lowest BCUT2D eigenvalue weighted by Gasteiger charge is -2.24. The summed E-state index contributed by atoms with van der Waals surface area (Å²) in [5.74, 6) is -0.121. The van der Waals surface area contributed by atoms with Crippen molar-refractivity contribution in [3.8, 4) is 0 Å². The highest BCUT2D eigenvalue weighted by Gasteiger charge is 2.14. The van der Waals surface area contributed by atoms with Crippen LogP contribution in [-0.2, 0) is 6.54 Å². The fourth-order valence-electron chi connectivity index (χ4n) is 1.87. The highest BCUT2D eigenvalue weighted by atomic mass is 79.9. The summed E-state index contributed by atoms with van der Waals surface area (Å²) in [4.78, 5) is 9.92. The Bertz CT molecular complexity index is 620. The fraction of sp³-hybridized carbons (Fsp3) is 0.214. The molecule has 2 rings (SSSR count). The van der Waals surface area contributed by atoms with Crippen molar-refractivity contribution >= 4 is 27.6 Å². The second kappa shape index (κ2) is 7.12. The van der Waals surface area contributed by atoms with E-state index in [2.05, 4.69) is 25.9 Å². The van der Waals surface area contributed by atoms with Crippen LogP contribution in [0.2, 0.25) is 0 Å². The number of aromatic nitrogens is 2. The van der Waals surface area contributed by atoms with E-state index in [0.29, 0.717) is 24.0 Å². The summed E-state index contributed by atoms with van der Waals surface area (Å²) in [6.07, 6.45) is 5.29. The topological polar surface area (TPSA) is 78.9 Å². The van der Waals surface area contributed by atoms with Gasteiger partial charge in [-0.25, -0.2) is 9.37 Å². The molecule has 0 atom stereocenters. The third-order valence-electron chi connectivity index (χ3n) is 2.84. The number of anilines is 1. The Morgan fingerprint density at radius 2 is 2.24 bits per heavy atom. The van der Waals surface area contributed by atoms with Gasteiger partial charge in [-0.15, -0.1) is 0 Å². The molecule has 0 saturated carbocycles. The van der Waals surface area contributed by atoms with Crippen LogP contribution >= 0.6 is 15.9 Å². The molecule has 21 heavy (non-hydrogen) atoms. The number of nitrogens with two attached hydrogens (primary N) is 1. The molecule has 0 aliphatic carbocycles. The summed E-state index contributed by atoms with van der Waals surface area (Å²) >= 11 is 3.19. The molecule has 0 unspecified atom stereocenters. The van der Waals surface area contributed by atoms with Gasteiger partial charge in [-0.2, -0.15) is 0 Å². The van der Waals surface area contributed by atoms with Crippen molar-refractivity contribution in [3.05, 3.63) is 52.6 Å².